The Kier molecular flexibility index (Phi) is 6.51. The molecule has 1 N–H and O–H groups in total. The van der Waals surface area contributed by atoms with Crippen molar-refractivity contribution in [3.8, 4) is 0 Å². The summed E-state index contributed by atoms with van der Waals surface area (Å²) < 4.78 is 5.64. The summed E-state index contributed by atoms with van der Waals surface area (Å²) in [5.41, 5.74) is 2.82. The van der Waals surface area contributed by atoms with Crippen molar-refractivity contribution in [3.63, 3.8) is 0 Å². The standard InChI is InChI=1S/C17H28N2O/c1-3-9-18-12-17-14-20-11-10-19(17)13-16-7-5-15(4-2)6-8-16/h5-8,17-18H,3-4,9-14H2,1-2H3. The van der Waals surface area contributed by atoms with E-state index in [1.54, 1.807) is 0 Å². The fraction of sp³-hybridized carbons (Fsp3) is 0.647. The number of rotatable bonds is 7. The molecule has 0 aliphatic carbocycles. The molecular formula is C17H28N2O. The van der Waals surface area contributed by atoms with E-state index in [9.17, 15) is 0 Å². The largest absolute Gasteiger partial charge is 0.378 e. The van der Waals surface area contributed by atoms with Crippen molar-refractivity contribution < 1.29 is 4.74 Å². The molecule has 3 nitrogen and oxygen atoms in total. The molecule has 1 aromatic rings. The van der Waals surface area contributed by atoms with Crippen molar-refractivity contribution in [2.75, 3.05) is 32.8 Å². The smallest absolute Gasteiger partial charge is 0.0635 e. The van der Waals surface area contributed by atoms with Gasteiger partial charge in [0.05, 0.1) is 13.2 Å². The lowest BCUT2D eigenvalue weighted by Crippen LogP contribution is -2.49. The molecule has 1 atom stereocenters. The van der Waals surface area contributed by atoms with Gasteiger partial charge in [-0.2, -0.15) is 0 Å². The maximum absolute atomic E-state index is 5.64. The Morgan fingerprint density at radius 3 is 2.65 bits per heavy atom. The number of aryl methyl sites for hydroxylation is 1. The van der Waals surface area contributed by atoms with E-state index in [2.05, 4.69) is 48.3 Å². The van der Waals surface area contributed by atoms with E-state index in [0.717, 1.165) is 45.8 Å². The van der Waals surface area contributed by atoms with Gasteiger partial charge < -0.3 is 10.1 Å². The van der Waals surface area contributed by atoms with Crippen LogP contribution in [0, 0.1) is 0 Å². The monoisotopic (exact) mass is 276 g/mol. The second-order valence-electron chi connectivity index (χ2n) is 5.57. The van der Waals surface area contributed by atoms with Crippen LogP contribution in [0.15, 0.2) is 24.3 Å². The summed E-state index contributed by atoms with van der Waals surface area (Å²) in [6.07, 6.45) is 2.30. The SMILES string of the molecule is CCCNCC1COCCN1Cc1ccc(CC)cc1. The van der Waals surface area contributed by atoms with Crippen LogP contribution in [-0.4, -0.2) is 43.8 Å². The highest BCUT2D eigenvalue weighted by atomic mass is 16.5. The maximum Gasteiger partial charge on any atom is 0.0635 e. The molecule has 0 aromatic heterocycles. The molecule has 1 heterocycles. The van der Waals surface area contributed by atoms with Crippen molar-refractivity contribution >= 4 is 0 Å². The van der Waals surface area contributed by atoms with Gasteiger partial charge in [0.1, 0.15) is 0 Å². The molecule has 0 radical (unpaired) electrons. The first-order valence-electron chi connectivity index (χ1n) is 7.93. The minimum Gasteiger partial charge on any atom is -0.378 e. The Morgan fingerprint density at radius 2 is 1.95 bits per heavy atom. The predicted octanol–water partition coefficient (Wildman–Crippen LogP) is 2.45. The van der Waals surface area contributed by atoms with Gasteiger partial charge in [0.25, 0.3) is 0 Å². The summed E-state index contributed by atoms with van der Waals surface area (Å²) in [4.78, 5) is 2.55. The predicted molar refractivity (Wildman–Crippen MR) is 84.0 cm³/mol. The van der Waals surface area contributed by atoms with E-state index in [1.807, 2.05) is 0 Å². The van der Waals surface area contributed by atoms with E-state index in [1.165, 1.54) is 17.5 Å². The zero-order valence-electron chi connectivity index (χ0n) is 12.9. The molecule has 0 saturated carbocycles. The third-order valence-corrected chi connectivity index (χ3v) is 3.97. The lowest BCUT2D eigenvalue weighted by molar-refractivity contribution is -0.0108. The molecule has 1 fully saturated rings. The van der Waals surface area contributed by atoms with E-state index in [-0.39, 0.29) is 0 Å². The lowest BCUT2D eigenvalue weighted by atomic mass is 10.1. The Balaban J connectivity index is 1.89. The number of nitrogens with one attached hydrogen (secondary N) is 1. The van der Waals surface area contributed by atoms with Crippen molar-refractivity contribution in [3.05, 3.63) is 35.4 Å². The van der Waals surface area contributed by atoms with Gasteiger partial charge in [-0.15, -0.1) is 0 Å². The minimum absolute atomic E-state index is 0.501. The summed E-state index contributed by atoms with van der Waals surface area (Å²) in [5.74, 6) is 0. The zero-order valence-corrected chi connectivity index (χ0v) is 12.9. The second kappa shape index (κ2) is 8.40. The molecule has 0 bridgehead atoms. The molecule has 112 valence electrons. The Hall–Kier alpha value is -0.900. The summed E-state index contributed by atoms with van der Waals surface area (Å²) in [7, 11) is 0. The van der Waals surface area contributed by atoms with Gasteiger partial charge in [-0.3, -0.25) is 4.90 Å². The van der Waals surface area contributed by atoms with E-state index in [0.29, 0.717) is 6.04 Å². The van der Waals surface area contributed by atoms with Crippen molar-refractivity contribution in [2.24, 2.45) is 0 Å². The molecule has 20 heavy (non-hydrogen) atoms. The maximum atomic E-state index is 5.64. The van der Waals surface area contributed by atoms with Crippen molar-refractivity contribution in [1.82, 2.24) is 10.2 Å². The van der Waals surface area contributed by atoms with Crippen LogP contribution in [-0.2, 0) is 17.7 Å². The summed E-state index contributed by atoms with van der Waals surface area (Å²) >= 11 is 0. The number of hydrogen-bond acceptors (Lipinski definition) is 3. The molecule has 1 unspecified atom stereocenters. The number of ether oxygens (including phenoxy) is 1. The normalized spacial score (nSPS) is 20.2. The molecule has 3 heteroatoms. The van der Waals surface area contributed by atoms with Crippen LogP contribution < -0.4 is 5.32 Å². The molecule has 1 aromatic carbocycles. The van der Waals surface area contributed by atoms with E-state index >= 15 is 0 Å². The van der Waals surface area contributed by atoms with Gasteiger partial charge in [0.15, 0.2) is 0 Å². The highest BCUT2D eigenvalue weighted by molar-refractivity contribution is 5.22. The van der Waals surface area contributed by atoms with Gasteiger partial charge in [0, 0.05) is 25.7 Å². The first kappa shape index (κ1) is 15.5. The van der Waals surface area contributed by atoms with Gasteiger partial charge >= 0.3 is 0 Å². The molecule has 1 aliphatic rings. The molecule has 2 rings (SSSR count). The lowest BCUT2D eigenvalue weighted by Gasteiger charge is -2.35. The topological polar surface area (TPSA) is 24.5 Å². The van der Waals surface area contributed by atoms with Crippen LogP contribution in [0.4, 0.5) is 0 Å². The average molecular weight is 276 g/mol. The van der Waals surface area contributed by atoms with Gasteiger partial charge in [-0.25, -0.2) is 0 Å². The Morgan fingerprint density at radius 1 is 1.20 bits per heavy atom. The van der Waals surface area contributed by atoms with Crippen LogP contribution in [0.1, 0.15) is 31.4 Å². The van der Waals surface area contributed by atoms with Crippen LogP contribution >= 0.6 is 0 Å². The van der Waals surface area contributed by atoms with E-state index < -0.39 is 0 Å². The van der Waals surface area contributed by atoms with Gasteiger partial charge in [0.2, 0.25) is 0 Å². The summed E-state index contributed by atoms with van der Waals surface area (Å²) in [6, 6.07) is 9.54. The second-order valence-corrected chi connectivity index (χ2v) is 5.57. The number of nitrogens with zero attached hydrogens (tertiary/aromatic N) is 1. The van der Waals surface area contributed by atoms with Crippen LogP contribution in [0.5, 0.6) is 0 Å². The fourth-order valence-electron chi connectivity index (χ4n) is 2.65. The van der Waals surface area contributed by atoms with Crippen LogP contribution in [0.3, 0.4) is 0 Å². The number of hydrogen-bond donors (Lipinski definition) is 1. The molecule has 0 amide bonds. The third kappa shape index (κ3) is 4.58. The number of morpholine rings is 1. The highest BCUT2D eigenvalue weighted by Crippen LogP contribution is 2.13. The van der Waals surface area contributed by atoms with Crippen LogP contribution in [0.2, 0.25) is 0 Å². The molecule has 1 saturated heterocycles. The zero-order chi connectivity index (χ0) is 14.2. The first-order valence-corrected chi connectivity index (χ1v) is 7.93. The quantitative estimate of drug-likeness (QED) is 0.774. The molecule has 0 spiro atoms. The molecular weight excluding hydrogens is 248 g/mol. The summed E-state index contributed by atoms with van der Waals surface area (Å²) in [5, 5.41) is 3.52. The molecule has 1 aliphatic heterocycles. The summed E-state index contributed by atoms with van der Waals surface area (Å²) in [6.45, 7) is 10.3. The van der Waals surface area contributed by atoms with Crippen molar-refractivity contribution in [1.29, 1.82) is 0 Å². The number of benzene rings is 1. The third-order valence-electron chi connectivity index (χ3n) is 3.97. The van der Waals surface area contributed by atoms with Crippen LogP contribution in [0.25, 0.3) is 0 Å². The van der Waals surface area contributed by atoms with Crippen molar-refractivity contribution in [2.45, 2.75) is 39.3 Å². The fourth-order valence-corrected chi connectivity index (χ4v) is 2.65. The Bertz CT molecular complexity index is 377. The van der Waals surface area contributed by atoms with Gasteiger partial charge in [-0.05, 0) is 30.5 Å². The van der Waals surface area contributed by atoms with Gasteiger partial charge in [-0.1, -0.05) is 38.1 Å². The first-order chi connectivity index (χ1) is 9.83. The van der Waals surface area contributed by atoms with E-state index in [4.69, 9.17) is 4.74 Å². The average Bonchev–Trinajstić information content (AvgIpc) is 2.50. The highest BCUT2D eigenvalue weighted by Gasteiger charge is 2.22. The Labute approximate surface area is 123 Å². The minimum atomic E-state index is 0.501.